The van der Waals surface area contributed by atoms with Crippen LogP contribution in [0.2, 0.25) is 0 Å². The van der Waals surface area contributed by atoms with E-state index in [4.69, 9.17) is 4.98 Å². The Balaban J connectivity index is 1.19. The molecule has 0 saturated carbocycles. The number of nitrogens with one attached hydrogen (secondary N) is 1. The molecule has 1 aromatic heterocycles. The van der Waals surface area contributed by atoms with Crippen molar-refractivity contribution in [3.05, 3.63) is 59.7 Å². The molecule has 0 spiro atoms. The average molecular weight is 474 g/mol. The second kappa shape index (κ2) is 10.5. The maximum atomic E-state index is 12.8. The number of anilines is 1. The topological polar surface area (TPSA) is 70.5 Å². The Labute approximate surface area is 207 Å². The highest BCUT2D eigenvalue weighted by molar-refractivity contribution is 5.80. The number of aromatic nitrogens is 2. The van der Waals surface area contributed by atoms with E-state index in [1.807, 2.05) is 11.0 Å². The van der Waals surface area contributed by atoms with Crippen LogP contribution >= 0.6 is 0 Å². The van der Waals surface area contributed by atoms with Crippen molar-refractivity contribution < 1.29 is 9.59 Å². The van der Waals surface area contributed by atoms with Crippen LogP contribution in [-0.4, -0.2) is 59.0 Å². The van der Waals surface area contributed by atoms with Crippen molar-refractivity contribution in [2.24, 2.45) is 5.92 Å². The van der Waals surface area contributed by atoms with E-state index >= 15 is 0 Å². The average Bonchev–Trinajstić information content (AvgIpc) is 3.45. The molecule has 2 aromatic carbocycles. The van der Waals surface area contributed by atoms with Gasteiger partial charge >= 0.3 is 0 Å². The van der Waals surface area contributed by atoms with Crippen LogP contribution in [0.4, 0.5) is 5.95 Å². The number of hydrogen-bond donors (Lipinski definition) is 1. The fourth-order valence-corrected chi connectivity index (χ4v) is 5.36. The number of hydrogen-bond acceptors (Lipinski definition) is 4. The van der Waals surface area contributed by atoms with Gasteiger partial charge in [-0.3, -0.25) is 9.59 Å². The Hall–Kier alpha value is -3.35. The zero-order valence-electron chi connectivity index (χ0n) is 20.6. The maximum absolute atomic E-state index is 12.8. The lowest BCUT2D eigenvalue weighted by atomic mass is 9.96. The molecule has 7 heteroatoms. The van der Waals surface area contributed by atoms with E-state index in [2.05, 4.69) is 64.2 Å². The lowest BCUT2D eigenvalue weighted by Crippen LogP contribution is -2.42. The van der Waals surface area contributed by atoms with Gasteiger partial charge in [-0.25, -0.2) is 4.98 Å². The molecule has 3 aromatic rings. The molecule has 184 valence electrons. The van der Waals surface area contributed by atoms with Gasteiger partial charge in [0.15, 0.2) is 0 Å². The van der Waals surface area contributed by atoms with Crippen LogP contribution in [-0.2, 0) is 16.1 Å². The van der Waals surface area contributed by atoms with E-state index in [0.717, 1.165) is 75.4 Å². The molecular weight excluding hydrogens is 438 g/mol. The predicted molar refractivity (Wildman–Crippen MR) is 138 cm³/mol. The first-order valence-corrected chi connectivity index (χ1v) is 12.9. The summed E-state index contributed by atoms with van der Waals surface area (Å²) < 4.78 is 2.31. The van der Waals surface area contributed by atoms with E-state index in [9.17, 15) is 9.59 Å². The van der Waals surface area contributed by atoms with Crippen LogP contribution in [0.5, 0.6) is 0 Å². The second-order valence-corrected chi connectivity index (χ2v) is 9.87. The van der Waals surface area contributed by atoms with E-state index < -0.39 is 0 Å². The van der Waals surface area contributed by atoms with Crippen molar-refractivity contribution in [3.63, 3.8) is 0 Å². The number of aryl methyl sites for hydroxylation is 1. The summed E-state index contributed by atoms with van der Waals surface area (Å²) in [4.78, 5) is 33.7. The van der Waals surface area contributed by atoms with Gasteiger partial charge in [0, 0.05) is 45.1 Å². The Morgan fingerprint density at radius 3 is 2.69 bits per heavy atom. The molecule has 2 fully saturated rings. The number of nitrogens with zero attached hydrogens (tertiary/aromatic N) is 4. The molecule has 2 amide bonds. The van der Waals surface area contributed by atoms with Crippen molar-refractivity contribution in [3.8, 4) is 0 Å². The molecule has 7 nitrogen and oxygen atoms in total. The summed E-state index contributed by atoms with van der Waals surface area (Å²) in [6, 6.07) is 16.9. The molecular formula is C28H35N5O2. The number of para-hydroxylation sites is 2. The summed E-state index contributed by atoms with van der Waals surface area (Å²) in [6.07, 6.45) is 4.10. The minimum Gasteiger partial charge on any atom is -0.356 e. The molecule has 0 unspecified atom stereocenters. The second-order valence-electron chi connectivity index (χ2n) is 9.87. The number of likely N-dealkylation sites (tertiary alicyclic amines) is 1. The summed E-state index contributed by atoms with van der Waals surface area (Å²) in [5, 5.41) is 3.10. The first-order valence-electron chi connectivity index (χ1n) is 12.9. The monoisotopic (exact) mass is 473 g/mol. The van der Waals surface area contributed by atoms with Crippen molar-refractivity contribution in [1.29, 1.82) is 0 Å². The van der Waals surface area contributed by atoms with E-state index in [0.29, 0.717) is 13.0 Å². The van der Waals surface area contributed by atoms with Gasteiger partial charge in [0.25, 0.3) is 0 Å². The number of amides is 2. The first kappa shape index (κ1) is 23.4. The molecule has 0 radical (unpaired) electrons. The third-order valence-corrected chi connectivity index (χ3v) is 7.28. The van der Waals surface area contributed by atoms with Crippen molar-refractivity contribution in [2.75, 3.05) is 37.6 Å². The minimum absolute atomic E-state index is 0.0364. The highest BCUT2D eigenvalue weighted by atomic mass is 16.2. The van der Waals surface area contributed by atoms with Gasteiger partial charge in [-0.15, -0.1) is 0 Å². The maximum Gasteiger partial charge on any atom is 0.223 e. The number of piperidine rings is 1. The Kier molecular flexibility index (Phi) is 7.02. The summed E-state index contributed by atoms with van der Waals surface area (Å²) >= 11 is 0. The molecule has 5 rings (SSSR count). The Morgan fingerprint density at radius 2 is 1.91 bits per heavy atom. The smallest absolute Gasteiger partial charge is 0.223 e. The highest BCUT2D eigenvalue weighted by Crippen LogP contribution is 2.28. The largest absolute Gasteiger partial charge is 0.356 e. The van der Waals surface area contributed by atoms with Crippen LogP contribution in [0.15, 0.2) is 48.5 Å². The van der Waals surface area contributed by atoms with Gasteiger partial charge in [-0.2, -0.15) is 0 Å². The van der Waals surface area contributed by atoms with Gasteiger partial charge in [0.05, 0.1) is 17.6 Å². The van der Waals surface area contributed by atoms with E-state index in [1.54, 1.807) is 0 Å². The number of carbonyl (C=O) groups is 2. The molecule has 2 aliphatic heterocycles. The molecule has 2 saturated heterocycles. The standard InChI is InChI=1S/C28H35N5O2/c1-21-7-4-8-22(19-21)20-33-25-10-3-2-9-24(25)30-28(33)32-17-12-23(13-18-32)27(35)29-14-6-16-31-15-5-11-26(31)34/h2-4,7-10,19,23H,5-6,11-18,20H2,1H3,(H,29,35). The van der Waals surface area contributed by atoms with Crippen LogP contribution in [0, 0.1) is 12.8 Å². The summed E-state index contributed by atoms with van der Waals surface area (Å²) in [5.41, 5.74) is 4.67. The zero-order valence-corrected chi connectivity index (χ0v) is 20.6. The lowest BCUT2D eigenvalue weighted by molar-refractivity contribution is -0.127. The number of benzene rings is 2. The summed E-state index contributed by atoms with van der Waals surface area (Å²) in [7, 11) is 0. The quantitative estimate of drug-likeness (QED) is 0.506. The molecule has 2 aliphatic rings. The Morgan fingerprint density at radius 1 is 1.09 bits per heavy atom. The SMILES string of the molecule is Cc1cccc(Cn2c(N3CCC(C(=O)NCCCN4CCCC4=O)CC3)nc3ccccc32)c1. The molecule has 0 atom stereocenters. The van der Waals surface area contributed by atoms with Crippen LogP contribution in [0.1, 0.15) is 43.2 Å². The van der Waals surface area contributed by atoms with E-state index in [1.165, 1.54) is 11.1 Å². The normalized spacial score (nSPS) is 16.9. The van der Waals surface area contributed by atoms with Crippen LogP contribution in [0.25, 0.3) is 11.0 Å². The molecule has 0 bridgehead atoms. The lowest BCUT2D eigenvalue weighted by Gasteiger charge is -2.32. The number of rotatable bonds is 8. The van der Waals surface area contributed by atoms with Gasteiger partial charge in [-0.05, 0) is 50.3 Å². The van der Waals surface area contributed by atoms with Gasteiger partial charge in [0.2, 0.25) is 17.8 Å². The third-order valence-electron chi connectivity index (χ3n) is 7.28. The van der Waals surface area contributed by atoms with Crippen LogP contribution < -0.4 is 10.2 Å². The third kappa shape index (κ3) is 5.34. The van der Waals surface area contributed by atoms with Crippen molar-refractivity contribution >= 4 is 28.8 Å². The predicted octanol–water partition coefficient (Wildman–Crippen LogP) is 3.74. The Bertz CT molecular complexity index is 1200. The summed E-state index contributed by atoms with van der Waals surface area (Å²) in [6.45, 7) is 6.77. The molecule has 3 heterocycles. The fourth-order valence-electron chi connectivity index (χ4n) is 5.36. The van der Waals surface area contributed by atoms with E-state index in [-0.39, 0.29) is 17.7 Å². The van der Waals surface area contributed by atoms with Gasteiger partial charge in [-0.1, -0.05) is 42.0 Å². The molecule has 1 N–H and O–H groups in total. The molecule has 35 heavy (non-hydrogen) atoms. The number of carbonyl (C=O) groups excluding carboxylic acids is 2. The highest BCUT2D eigenvalue weighted by Gasteiger charge is 2.28. The number of imidazole rings is 1. The minimum atomic E-state index is 0.0364. The van der Waals surface area contributed by atoms with Crippen LogP contribution in [0.3, 0.4) is 0 Å². The fraction of sp³-hybridized carbons (Fsp3) is 0.464. The number of fused-ring (bicyclic) bond motifs is 1. The van der Waals surface area contributed by atoms with Crippen molar-refractivity contribution in [1.82, 2.24) is 19.8 Å². The zero-order chi connectivity index (χ0) is 24.2. The first-order chi connectivity index (χ1) is 17.1. The van der Waals surface area contributed by atoms with Gasteiger partial charge < -0.3 is 19.7 Å². The molecule has 0 aliphatic carbocycles. The van der Waals surface area contributed by atoms with Gasteiger partial charge in [0.1, 0.15) is 0 Å². The van der Waals surface area contributed by atoms with Crippen molar-refractivity contribution in [2.45, 2.75) is 45.6 Å². The summed E-state index contributed by atoms with van der Waals surface area (Å²) in [5.74, 6) is 1.42.